The maximum atomic E-state index is 11.1. The molecule has 0 radical (unpaired) electrons. The van der Waals surface area contributed by atoms with Crippen molar-refractivity contribution in [3.63, 3.8) is 0 Å². The van der Waals surface area contributed by atoms with Crippen LogP contribution >= 0.6 is 0 Å². The quantitative estimate of drug-likeness (QED) is 0.624. The number of aromatic nitrogens is 2. The van der Waals surface area contributed by atoms with Gasteiger partial charge in [-0.3, -0.25) is 14.8 Å². The van der Waals surface area contributed by atoms with Crippen molar-refractivity contribution in [2.45, 2.75) is 33.2 Å². The highest BCUT2D eigenvalue weighted by Crippen LogP contribution is 2.26. The highest BCUT2D eigenvalue weighted by Gasteiger charge is 2.22. The normalized spacial score (nSPS) is 10.8. The minimum atomic E-state index is -0.386. The number of rotatable bonds is 7. The molecule has 0 fully saturated rings. The van der Waals surface area contributed by atoms with Gasteiger partial charge in [0.25, 0.3) is 0 Å². The predicted molar refractivity (Wildman–Crippen MR) is 87.8 cm³/mol. The molecule has 2 aromatic rings. The minimum Gasteiger partial charge on any atom is -0.496 e. The van der Waals surface area contributed by atoms with Gasteiger partial charge in [0, 0.05) is 5.56 Å². The monoisotopic (exact) mass is 318 g/mol. The first-order valence-corrected chi connectivity index (χ1v) is 7.52. The standard InChI is InChI=1S/C16H22N4O3/c1-11-16(20(21)22)12(2)19(18-11)10-14-9-13(5-4-8-17)6-7-15(14)23-3/h6-7,9H,4-5,8,10,17H2,1-3H3. The molecular formula is C16H22N4O3. The summed E-state index contributed by atoms with van der Waals surface area (Å²) in [6.45, 7) is 4.44. The van der Waals surface area contributed by atoms with Crippen molar-refractivity contribution >= 4 is 5.69 Å². The zero-order valence-corrected chi connectivity index (χ0v) is 13.7. The fraction of sp³-hybridized carbons (Fsp3) is 0.438. The Morgan fingerprint density at radius 3 is 2.70 bits per heavy atom. The van der Waals surface area contributed by atoms with Crippen molar-refractivity contribution in [2.24, 2.45) is 5.73 Å². The van der Waals surface area contributed by atoms with Crippen LogP contribution < -0.4 is 10.5 Å². The molecule has 0 aliphatic heterocycles. The Balaban J connectivity index is 2.35. The summed E-state index contributed by atoms with van der Waals surface area (Å²) in [6.07, 6.45) is 1.81. The average Bonchev–Trinajstić information content (AvgIpc) is 2.79. The summed E-state index contributed by atoms with van der Waals surface area (Å²) in [6, 6.07) is 5.99. The van der Waals surface area contributed by atoms with E-state index in [0.29, 0.717) is 24.5 Å². The third kappa shape index (κ3) is 3.68. The van der Waals surface area contributed by atoms with Crippen molar-refractivity contribution in [3.05, 3.63) is 50.8 Å². The van der Waals surface area contributed by atoms with Crippen LogP contribution in [0.4, 0.5) is 5.69 Å². The highest BCUT2D eigenvalue weighted by atomic mass is 16.6. The molecule has 23 heavy (non-hydrogen) atoms. The first-order chi connectivity index (χ1) is 11.0. The number of hydrogen-bond donors (Lipinski definition) is 1. The Hall–Kier alpha value is -2.41. The van der Waals surface area contributed by atoms with Gasteiger partial charge in [0.2, 0.25) is 0 Å². The van der Waals surface area contributed by atoms with Gasteiger partial charge in [-0.2, -0.15) is 5.10 Å². The van der Waals surface area contributed by atoms with Gasteiger partial charge in [-0.25, -0.2) is 0 Å². The predicted octanol–water partition coefficient (Wildman–Crippen LogP) is 2.36. The number of aryl methyl sites for hydroxylation is 2. The van der Waals surface area contributed by atoms with Crippen molar-refractivity contribution in [3.8, 4) is 5.75 Å². The van der Waals surface area contributed by atoms with Crippen LogP contribution in [0.2, 0.25) is 0 Å². The highest BCUT2D eigenvalue weighted by molar-refractivity contribution is 5.42. The Bertz CT molecular complexity index is 710. The Kier molecular flexibility index (Phi) is 5.33. The largest absolute Gasteiger partial charge is 0.496 e. The van der Waals surface area contributed by atoms with E-state index >= 15 is 0 Å². The van der Waals surface area contributed by atoms with Gasteiger partial charge in [0.15, 0.2) is 0 Å². The molecule has 1 aromatic heterocycles. The SMILES string of the molecule is COc1ccc(CCCN)cc1Cn1nc(C)c([N+](=O)[O-])c1C. The van der Waals surface area contributed by atoms with Crippen LogP contribution in [0.15, 0.2) is 18.2 Å². The second-order valence-electron chi connectivity index (χ2n) is 5.47. The van der Waals surface area contributed by atoms with E-state index in [1.807, 2.05) is 12.1 Å². The molecule has 0 bridgehead atoms. The Morgan fingerprint density at radius 2 is 2.13 bits per heavy atom. The maximum absolute atomic E-state index is 11.1. The molecule has 0 amide bonds. The molecule has 1 heterocycles. The van der Waals surface area contributed by atoms with Crippen LogP contribution in [0.3, 0.4) is 0 Å². The van der Waals surface area contributed by atoms with Gasteiger partial charge < -0.3 is 10.5 Å². The molecular weight excluding hydrogens is 296 g/mol. The van der Waals surface area contributed by atoms with Gasteiger partial charge in [-0.05, 0) is 44.9 Å². The molecule has 0 unspecified atom stereocenters. The lowest BCUT2D eigenvalue weighted by Gasteiger charge is -2.12. The zero-order chi connectivity index (χ0) is 17.0. The fourth-order valence-electron chi connectivity index (χ4n) is 2.68. The zero-order valence-electron chi connectivity index (χ0n) is 13.7. The lowest BCUT2D eigenvalue weighted by Crippen LogP contribution is -2.07. The van der Waals surface area contributed by atoms with Crippen LogP contribution in [0, 0.1) is 24.0 Å². The molecule has 0 saturated heterocycles. The number of benzene rings is 1. The summed E-state index contributed by atoms with van der Waals surface area (Å²) in [7, 11) is 1.61. The van der Waals surface area contributed by atoms with E-state index in [-0.39, 0.29) is 10.6 Å². The number of nitro groups is 1. The Labute approximate surface area is 135 Å². The molecule has 7 nitrogen and oxygen atoms in total. The summed E-state index contributed by atoms with van der Waals surface area (Å²) >= 11 is 0. The molecule has 2 N–H and O–H groups in total. The number of hydrogen-bond acceptors (Lipinski definition) is 5. The first-order valence-electron chi connectivity index (χ1n) is 7.52. The number of methoxy groups -OCH3 is 1. The van der Waals surface area contributed by atoms with Gasteiger partial charge in [-0.1, -0.05) is 12.1 Å². The van der Waals surface area contributed by atoms with Crippen LogP contribution in [-0.4, -0.2) is 28.4 Å². The van der Waals surface area contributed by atoms with E-state index in [0.717, 1.165) is 24.2 Å². The molecule has 7 heteroatoms. The van der Waals surface area contributed by atoms with E-state index in [1.165, 1.54) is 5.56 Å². The molecule has 0 atom stereocenters. The van der Waals surface area contributed by atoms with Crippen molar-refractivity contribution in [2.75, 3.05) is 13.7 Å². The minimum absolute atomic E-state index is 0.0725. The van der Waals surface area contributed by atoms with Crippen molar-refractivity contribution in [1.82, 2.24) is 9.78 Å². The van der Waals surface area contributed by atoms with Gasteiger partial charge in [0.05, 0.1) is 18.6 Å². The van der Waals surface area contributed by atoms with Crippen molar-refractivity contribution < 1.29 is 9.66 Å². The van der Waals surface area contributed by atoms with E-state index in [9.17, 15) is 10.1 Å². The topological polar surface area (TPSA) is 96.2 Å². The number of ether oxygens (including phenoxy) is 1. The van der Waals surface area contributed by atoms with E-state index in [1.54, 1.807) is 25.6 Å². The van der Waals surface area contributed by atoms with E-state index < -0.39 is 0 Å². The summed E-state index contributed by atoms with van der Waals surface area (Å²) in [5, 5.41) is 15.4. The first kappa shape index (κ1) is 17.0. The summed E-state index contributed by atoms with van der Waals surface area (Å²) in [5.41, 5.74) is 8.71. The molecule has 124 valence electrons. The molecule has 0 aliphatic carbocycles. The van der Waals surface area contributed by atoms with Crippen LogP contribution in [-0.2, 0) is 13.0 Å². The van der Waals surface area contributed by atoms with E-state index in [4.69, 9.17) is 10.5 Å². The lowest BCUT2D eigenvalue weighted by molar-refractivity contribution is -0.386. The van der Waals surface area contributed by atoms with E-state index in [2.05, 4.69) is 11.2 Å². The fourth-order valence-corrected chi connectivity index (χ4v) is 2.68. The lowest BCUT2D eigenvalue weighted by atomic mass is 10.1. The number of nitrogens with zero attached hydrogens (tertiary/aromatic N) is 3. The maximum Gasteiger partial charge on any atom is 0.312 e. The second-order valence-corrected chi connectivity index (χ2v) is 5.47. The third-order valence-electron chi connectivity index (χ3n) is 3.86. The smallest absolute Gasteiger partial charge is 0.312 e. The van der Waals surface area contributed by atoms with Crippen molar-refractivity contribution in [1.29, 1.82) is 0 Å². The number of nitrogens with two attached hydrogens (primary N) is 1. The van der Waals surface area contributed by atoms with Gasteiger partial charge >= 0.3 is 5.69 Å². The summed E-state index contributed by atoms with van der Waals surface area (Å²) in [4.78, 5) is 10.7. The third-order valence-corrected chi connectivity index (χ3v) is 3.86. The van der Waals surface area contributed by atoms with Gasteiger partial charge in [-0.15, -0.1) is 0 Å². The average molecular weight is 318 g/mol. The summed E-state index contributed by atoms with van der Waals surface area (Å²) < 4.78 is 7.05. The molecule has 0 aliphatic rings. The second kappa shape index (κ2) is 7.23. The molecule has 2 rings (SSSR count). The molecule has 0 spiro atoms. The summed E-state index contributed by atoms with van der Waals surface area (Å²) in [5.74, 6) is 0.747. The van der Waals surface area contributed by atoms with Crippen LogP contribution in [0.25, 0.3) is 0 Å². The Morgan fingerprint density at radius 1 is 1.39 bits per heavy atom. The van der Waals surface area contributed by atoms with Crippen LogP contribution in [0.5, 0.6) is 5.75 Å². The van der Waals surface area contributed by atoms with Crippen LogP contribution in [0.1, 0.15) is 28.9 Å². The van der Waals surface area contributed by atoms with Gasteiger partial charge in [0.1, 0.15) is 17.1 Å². The molecule has 1 aromatic carbocycles. The molecule has 0 saturated carbocycles.